The van der Waals surface area contributed by atoms with Gasteiger partial charge in [-0.15, -0.1) is 0 Å². The minimum atomic E-state index is -0.706. The second-order valence-electron chi connectivity index (χ2n) is 13.1. The van der Waals surface area contributed by atoms with E-state index < -0.39 is 6.16 Å². The Bertz CT molecular complexity index is 778. The zero-order chi connectivity index (χ0) is 36.2. The van der Waals surface area contributed by atoms with Gasteiger partial charge < -0.3 is 28.7 Å². The van der Waals surface area contributed by atoms with Crippen molar-refractivity contribution in [1.29, 1.82) is 0 Å². The maximum atomic E-state index is 12.5. The SMILES string of the molecule is CCCCCCCCSSCCOC(=O)CCN(CCCN(C)CCC)CCC(=O)OCCOC(=O)OCC(CCCC)CCCCCC. The van der Waals surface area contributed by atoms with Gasteiger partial charge in [-0.25, -0.2) is 4.79 Å². The normalized spacial score (nSPS) is 12.0. The summed E-state index contributed by atoms with van der Waals surface area (Å²) in [6.07, 6.45) is 18.9. The number of carbonyl (C=O) groups is 3. The van der Waals surface area contributed by atoms with Crippen molar-refractivity contribution in [3.05, 3.63) is 0 Å². The molecule has 0 aromatic rings. The van der Waals surface area contributed by atoms with Gasteiger partial charge in [0.15, 0.2) is 0 Å². The summed E-state index contributed by atoms with van der Waals surface area (Å²) in [7, 11) is 5.76. The summed E-state index contributed by atoms with van der Waals surface area (Å²) in [6.45, 7) is 13.4. The van der Waals surface area contributed by atoms with Gasteiger partial charge in [0.05, 0.1) is 19.4 Å². The largest absolute Gasteiger partial charge is 0.508 e. The fraction of sp³-hybridized carbons (Fsp3) is 0.921. The van der Waals surface area contributed by atoms with Crippen LogP contribution in [0.1, 0.15) is 143 Å². The number of nitrogens with zero attached hydrogens (tertiary/aromatic N) is 2. The molecular formula is C38H74N2O7S2. The molecule has 0 aliphatic heterocycles. The van der Waals surface area contributed by atoms with Gasteiger partial charge in [0.2, 0.25) is 0 Å². The molecular weight excluding hydrogens is 661 g/mol. The lowest BCUT2D eigenvalue weighted by atomic mass is 9.96. The number of hydrogen-bond donors (Lipinski definition) is 0. The van der Waals surface area contributed by atoms with Crippen molar-refractivity contribution >= 4 is 39.7 Å². The minimum absolute atomic E-state index is 0.00634. The van der Waals surface area contributed by atoms with Crippen LogP contribution in [0.3, 0.4) is 0 Å². The van der Waals surface area contributed by atoms with Crippen LogP contribution in [0.15, 0.2) is 0 Å². The summed E-state index contributed by atoms with van der Waals surface area (Å²) in [5.74, 6) is 1.76. The summed E-state index contributed by atoms with van der Waals surface area (Å²) in [4.78, 5) is 41.4. The quantitative estimate of drug-likeness (QED) is 0.0267. The third-order valence-electron chi connectivity index (χ3n) is 8.41. The first-order valence-corrected chi connectivity index (χ1v) is 22.1. The Hall–Kier alpha value is -1.17. The topological polar surface area (TPSA) is 94.6 Å². The number of hydrogen-bond acceptors (Lipinski definition) is 11. The molecule has 0 heterocycles. The molecule has 0 aliphatic carbocycles. The van der Waals surface area contributed by atoms with Gasteiger partial charge in [0.25, 0.3) is 0 Å². The van der Waals surface area contributed by atoms with Gasteiger partial charge in [-0.1, -0.05) is 120 Å². The maximum absolute atomic E-state index is 12.5. The smallest absolute Gasteiger partial charge is 0.465 e. The highest BCUT2D eigenvalue weighted by molar-refractivity contribution is 8.76. The average molecular weight is 735 g/mol. The summed E-state index contributed by atoms with van der Waals surface area (Å²) >= 11 is 0. The molecule has 0 amide bonds. The fourth-order valence-electron chi connectivity index (χ4n) is 5.46. The van der Waals surface area contributed by atoms with Crippen molar-refractivity contribution in [1.82, 2.24) is 9.80 Å². The first kappa shape index (κ1) is 47.8. The van der Waals surface area contributed by atoms with E-state index in [2.05, 4.69) is 44.5 Å². The summed E-state index contributed by atoms with van der Waals surface area (Å²) in [6, 6.07) is 0. The van der Waals surface area contributed by atoms with Crippen LogP contribution in [0.4, 0.5) is 4.79 Å². The Balaban J connectivity index is 4.34. The second kappa shape index (κ2) is 36.6. The molecule has 0 saturated carbocycles. The zero-order valence-corrected chi connectivity index (χ0v) is 33.8. The van der Waals surface area contributed by atoms with Crippen LogP contribution in [0.5, 0.6) is 0 Å². The lowest BCUT2D eigenvalue weighted by Gasteiger charge is -2.23. The van der Waals surface area contributed by atoms with E-state index in [0.29, 0.717) is 38.6 Å². The van der Waals surface area contributed by atoms with Gasteiger partial charge in [0.1, 0.15) is 19.8 Å². The molecule has 0 radical (unpaired) electrons. The number of unbranched alkanes of at least 4 members (excludes halogenated alkanes) is 9. The molecule has 0 spiro atoms. The lowest BCUT2D eigenvalue weighted by Crippen LogP contribution is -2.33. The van der Waals surface area contributed by atoms with Crippen LogP contribution in [0.2, 0.25) is 0 Å². The predicted octanol–water partition coefficient (Wildman–Crippen LogP) is 9.56. The van der Waals surface area contributed by atoms with Crippen molar-refractivity contribution in [2.24, 2.45) is 5.92 Å². The van der Waals surface area contributed by atoms with Crippen molar-refractivity contribution in [2.45, 2.75) is 143 Å². The first-order chi connectivity index (χ1) is 23.9. The highest BCUT2D eigenvalue weighted by atomic mass is 33.1. The van der Waals surface area contributed by atoms with E-state index in [-0.39, 0.29) is 31.6 Å². The van der Waals surface area contributed by atoms with Crippen LogP contribution in [0, 0.1) is 5.92 Å². The number of carbonyl (C=O) groups excluding carboxylic acids is 3. The average Bonchev–Trinajstić information content (AvgIpc) is 3.09. The molecule has 0 saturated heterocycles. The van der Waals surface area contributed by atoms with Crippen LogP contribution in [0.25, 0.3) is 0 Å². The van der Waals surface area contributed by atoms with E-state index in [4.69, 9.17) is 18.9 Å². The van der Waals surface area contributed by atoms with Gasteiger partial charge >= 0.3 is 18.1 Å². The third kappa shape index (κ3) is 33.7. The van der Waals surface area contributed by atoms with Crippen molar-refractivity contribution in [3.8, 4) is 0 Å². The standard InChI is InChI=1S/C38H74N2O7S2/c1-6-10-13-15-16-18-32-48-49-33-31-45-37(42)23-28-40(26-19-25-39(5)24-9-4)27-22-36(41)44-29-30-46-38(43)47-34-35(20-12-8-3)21-17-14-11-7-2/h35H,6-34H2,1-5H3. The minimum Gasteiger partial charge on any atom is -0.465 e. The highest BCUT2D eigenvalue weighted by Crippen LogP contribution is 2.23. The van der Waals surface area contributed by atoms with E-state index >= 15 is 0 Å². The monoisotopic (exact) mass is 734 g/mol. The summed E-state index contributed by atoms with van der Waals surface area (Å²) in [5, 5.41) is 0. The molecule has 11 heteroatoms. The molecule has 1 unspecified atom stereocenters. The predicted molar refractivity (Wildman–Crippen MR) is 207 cm³/mol. The number of ether oxygens (including phenoxy) is 4. The van der Waals surface area contributed by atoms with Gasteiger partial charge in [-0.3, -0.25) is 9.59 Å². The van der Waals surface area contributed by atoms with E-state index in [1.807, 2.05) is 10.8 Å². The van der Waals surface area contributed by atoms with E-state index in [1.165, 1.54) is 57.8 Å². The van der Waals surface area contributed by atoms with Gasteiger partial charge in [-0.2, -0.15) is 0 Å². The second-order valence-corrected chi connectivity index (χ2v) is 15.8. The molecule has 0 aromatic heterocycles. The Morgan fingerprint density at radius 3 is 1.78 bits per heavy atom. The van der Waals surface area contributed by atoms with Crippen LogP contribution >= 0.6 is 21.6 Å². The van der Waals surface area contributed by atoms with Crippen molar-refractivity contribution < 1.29 is 33.3 Å². The van der Waals surface area contributed by atoms with Crippen molar-refractivity contribution in [2.75, 3.05) is 77.7 Å². The molecule has 290 valence electrons. The molecule has 9 nitrogen and oxygen atoms in total. The Labute approximate surface area is 308 Å². The molecule has 0 aromatic carbocycles. The first-order valence-electron chi connectivity index (χ1n) is 19.6. The number of rotatable bonds is 36. The molecule has 0 N–H and O–H groups in total. The molecule has 0 bridgehead atoms. The van der Waals surface area contributed by atoms with Gasteiger partial charge in [-0.05, 0) is 64.7 Å². The van der Waals surface area contributed by atoms with Crippen LogP contribution in [-0.4, -0.2) is 106 Å². The molecule has 0 aliphatic rings. The zero-order valence-electron chi connectivity index (χ0n) is 32.2. The Morgan fingerprint density at radius 2 is 1.10 bits per heavy atom. The van der Waals surface area contributed by atoms with E-state index in [0.717, 1.165) is 76.1 Å². The molecule has 0 fully saturated rings. The van der Waals surface area contributed by atoms with E-state index in [1.54, 1.807) is 10.8 Å². The Morgan fingerprint density at radius 1 is 0.531 bits per heavy atom. The summed E-state index contributed by atoms with van der Waals surface area (Å²) < 4.78 is 21.3. The van der Waals surface area contributed by atoms with Gasteiger partial charge in [0, 0.05) is 24.6 Å². The Kier molecular flexibility index (Phi) is 35.7. The number of esters is 2. The third-order valence-corrected chi connectivity index (χ3v) is 10.9. The fourth-order valence-corrected chi connectivity index (χ4v) is 7.43. The lowest BCUT2D eigenvalue weighted by molar-refractivity contribution is -0.145. The van der Waals surface area contributed by atoms with Crippen molar-refractivity contribution in [3.63, 3.8) is 0 Å². The molecule has 0 rings (SSSR count). The highest BCUT2D eigenvalue weighted by Gasteiger charge is 2.15. The molecule has 49 heavy (non-hydrogen) atoms. The van der Waals surface area contributed by atoms with Crippen LogP contribution in [-0.2, 0) is 28.5 Å². The van der Waals surface area contributed by atoms with E-state index in [9.17, 15) is 14.4 Å². The molecule has 1 atom stereocenters. The maximum Gasteiger partial charge on any atom is 0.508 e. The van der Waals surface area contributed by atoms with Crippen LogP contribution < -0.4 is 0 Å². The summed E-state index contributed by atoms with van der Waals surface area (Å²) in [5.41, 5.74) is 0.